The number of aromatic nitrogens is 2. The molecule has 0 saturated carbocycles. The maximum absolute atomic E-state index is 12.5. The second-order valence-electron chi connectivity index (χ2n) is 4.88. The lowest BCUT2D eigenvalue weighted by molar-refractivity contribution is 0.0605. The third-order valence-electron chi connectivity index (χ3n) is 3.50. The van der Waals surface area contributed by atoms with Crippen LogP contribution < -0.4 is 5.69 Å². The number of imidazole rings is 1. The summed E-state index contributed by atoms with van der Waals surface area (Å²) < 4.78 is 5.41. The summed E-state index contributed by atoms with van der Waals surface area (Å²) in [4.78, 5) is 43.5. The number of nitrogens with one attached hydrogen (secondary N) is 2. The number of ether oxygens (including phenoxy) is 1. The van der Waals surface area contributed by atoms with Gasteiger partial charge in [-0.25, -0.2) is 9.59 Å². The summed E-state index contributed by atoms with van der Waals surface area (Å²) in [6.07, 6.45) is 0. The summed E-state index contributed by atoms with van der Waals surface area (Å²) >= 11 is 4.71. The van der Waals surface area contributed by atoms with Crippen LogP contribution in [0, 0.1) is 6.92 Å². The molecule has 0 spiro atoms. The van der Waals surface area contributed by atoms with Crippen LogP contribution in [0.25, 0.3) is 0 Å². The molecule has 1 aliphatic rings. The molecule has 0 unspecified atom stereocenters. The number of thiophene rings is 1. The molecule has 22 heavy (non-hydrogen) atoms. The van der Waals surface area contributed by atoms with Crippen molar-refractivity contribution in [2.45, 2.75) is 20.0 Å². The number of amides is 1. The van der Waals surface area contributed by atoms with Gasteiger partial charge in [-0.05, 0) is 22.9 Å². The van der Waals surface area contributed by atoms with Gasteiger partial charge in [0.05, 0.1) is 13.7 Å². The van der Waals surface area contributed by atoms with E-state index in [1.807, 2.05) is 0 Å². The molecule has 9 heteroatoms. The average molecular weight is 386 g/mol. The van der Waals surface area contributed by atoms with Crippen molar-refractivity contribution in [1.82, 2.24) is 14.9 Å². The third kappa shape index (κ3) is 2.30. The van der Waals surface area contributed by atoms with E-state index in [0.29, 0.717) is 28.1 Å². The van der Waals surface area contributed by atoms with E-state index in [9.17, 15) is 14.4 Å². The molecule has 0 fully saturated rings. The first kappa shape index (κ1) is 15.0. The Kier molecular flexibility index (Phi) is 3.69. The number of rotatable bonds is 2. The van der Waals surface area contributed by atoms with Crippen LogP contribution in [0.4, 0.5) is 0 Å². The zero-order valence-corrected chi connectivity index (χ0v) is 14.2. The van der Waals surface area contributed by atoms with Crippen molar-refractivity contribution in [2.24, 2.45) is 0 Å². The van der Waals surface area contributed by atoms with E-state index in [-0.39, 0.29) is 11.6 Å². The number of fused-ring (bicyclic) bond motifs is 1. The van der Waals surface area contributed by atoms with E-state index < -0.39 is 11.7 Å². The van der Waals surface area contributed by atoms with Crippen molar-refractivity contribution < 1.29 is 14.3 Å². The Morgan fingerprint density at radius 3 is 2.59 bits per heavy atom. The van der Waals surface area contributed by atoms with Gasteiger partial charge in [0.25, 0.3) is 5.91 Å². The molecule has 3 rings (SSSR count). The van der Waals surface area contributed by atoms with Crippen LogP contribution in [0.2, 0.25) is 0 Å². The first-order valence-corrected chi connectivity index (χ1v) is 7.99. The number of aromatic amines is 2. The zero-order valence-electron chi connectivity index (χ0n) is 11.8. The molecule has 1 aliphatic heterocycles. The molecule has 0 radical (unpaired) electrons. The van der Waals surface area contributed by atoms with E-state index in [2.05, 4.69) is 25.9 Å². The van der Waals surface area contributed by atoms with Crippen molar-refractivity contribution in [1.29, 1.82) is 0 Å². The second kappa shape index (κ2) is 5.40. The smallest absolute Gasteiger partial charge is 0.349 e. The fraction of sp³-hybridized carbons (Fsp3) is 0.308. The Labute approximate surface area is 137 Å². The van der Waals surface area contributed by atoms with E-state index in [1.165, 1.54) is 18.4 Å². The normalized spacial score (nSPS) is 13.3. The summed E-state index contributed by atoms with van der Waals surface area (Å²) in [6, 6.07) is 0. The third-order valence-corrected chi connectivity index (χ3v) is 5.83. The summed E-state index contributed by atoms with van der Waals surface area (Å²) in [5.74, 6) is -0.638. The number of carbonyl (C=O) groups is 2. The van der Waals surface area contributed by atoms with Crippen molar-refractivity contribution in [2.75, 3.05) is 7.11 Å². The zero-order chi connectivity index (χ0) is 16.0. The SMILES string of the molecule is COC(=O)c1sc2c(c1Br)CN(C(=O)c1[nH]c(=O)[nH]c1C)C2. The number of methoxy groups -OCH3 is 1. The number of esters is 1. The number of carbonyl (C=O) groups excluding carboxylic acids is 2. The van der Waals surface area contributed by atoms with E-state index in [4.69, 9.17) is 4.74 Å². The average Bonchev–Trinajstić information content (AvgIpc) is 3.12. The van der Waals surface area contributed by atoms with Gasteiger partial charge >= 0.3 is 11.7 Å². The number of halogens is 1. The fourth-order valence-corrected chi connectivity index (χ4v) is 4.44. The van der Waals surface area contributed by atoms with Crippen molar-refractivity contribution in [3.63, 3.8) is 0 Å². The molecule has 3 heterocycles. The molecule has 7 nitrogen and oxygen atoms in total. The predicted octanol–water partition coefficient (Wildman–Crippen LogP) is 1.78. The van der Waals surface area contributed by atoms with Crippen LogP contribution in [-0.2, 0) is 17.8 Å². The maximum atomic E-state index is 12.5. The van der Waals surface area contributed by atoms with Crippen LogP contribution in [0.1, 0.15) is 36.3 Å². The Morgan fingerprint density at radius 2 is 2.05 bits per heavy atom. The lowest BCUT2D eigenvalue weighted by Crippen LogP contribution is -2.26. The summed E-state index contributed by atoms with van der Waals surface area (Å²) in [6.45, 7) is 2.46. The molecule has 116 valence electrons. The van der Waals surface area contributed by atoms with Crippen molar-refractivity contribution in [3.8, 4) is 0 Å². The molecule has 0 bridgehead atoms. The van der Waals surface area contributed by atoms with Gasteiger partial charge in [-0.3, -0.25) is 4.79 Å². The quantitative estimate of drug-likeness (QED) is 0.770. The molecule has 0 atom stereocenters. The highest BCUT2D eigenvalue weighted by Gasteiger charge is 2.32. The fourth-order valence-electron chi connectivity index (χ4n) is 2.41. The molecule has 1 amide bonds. The van der Waals surface area contributed by atoms with Crippen LogP contribution in [0.3, 0.4) is 0 Å². The number of H-pyrrole nitrogens is 2. The van der Waals surface area contributed by atoms with Gasteiger partial charge in [0.2, 0.25) is 0 Å². The Hall–Kier alpha value is -1.87. The van der Waals surface area contributed by atoms with Crippen molar-refractivity contribution in [3.05, 3.63) is 41.7 Å². The highest BCUT2D eigenvalue weighted by molar-refractivity contribution is 9.10. The summed E-state index contributed by atoms with van der Waals surface area (Å²) in [7, 11) is 1.33. The molecule has 0 aromatic carbocycles. The maximum Gasteiger partial charge on any atom is 0.349 e. The molecular formula is C13H12BrN3O4S. The van der Waals surface area contributed by atoms with Gasteiger partial charge in [0.15, 0.2) is 0 Å². The summed E-state index contributed by atoms with van der Waals surface area (Å²) in [5, 5.41) is 0. The Balaban J connectivity index is 1.86. The number of hydrogen-bond donors (Lipinski definition) is 2. The van der Waals surface area contributed by atoms with Gasteiger partial charge < -0.3 is 19.6 Å². The molecular weight excluding hydrogens is 374 g/mol. The molecule has 2 aromatic heterocycles. The molecule has 0 saturated heterocycles. The minimum Gasteiger partial charge on any atom is -0.465 e. The molecule has 0 aliphatic carbocycles. The highest BCUT2D eigenvalue weighted by Crippen LogP contribution is 2.39. The number of nitrogens with zero attached hydrogens (tertiary/aromatic N) is 1. The van der Waals surface area contributed by atoms with Gasteiger partial charge in [-0.2, -0.15) is 0 Å². The van der Waals surface area contributed by atoms with Gasteiger partial charge in [0.1, 0.15) is 10.6 Å². The van der Waals surface area contributed by atoms with E-state index in [0.717, 1.165) is 10.4 Å². The first-order chi connectivity index (χ1) is 10.4. The summed E-state index contributed by atoms with van der Waals surface area (Å²) in [5.41, 5.74) is 1.29. The van der Waals surface area contributed by atoms with Gasteiger partial charge in [-0.15, -0.1) is 11.3 Å². The van der Waals surface area contributed by atoms with Crippen LogP contribution in [0.5, 0.6) is 0 Å². The van der Waals surface area contributed by atoms with Gasteiger partial charge in [0, 0.05) is 27.2 Å². The number of hydrogen-bond acceptors (Lipinski definition) is 5. The minimum absolute atomic E-state index is 0.245. The topological polar surface area (TPSA) is 95.3 Å². The van der Waals surface area contributed by atoms with Crippen LogP contribution >= 0.6 is 27.3 Å². The number of aryl methyl sites for hydroxylation is 1. The van der Waals surface area contributed by atoms with Gasteiger partial charge in [-0.1, -0.05) is 0 Å². The standard InChI is InChI=1S/C13H12BrN3O4S/c1-5-9(16-13(20)15-5)11(18)17-3-6-7(4-17)22-10(8(6)14)12(19)21-2/h3-4H2,1-2H3,(H2,15,16,20). The molecule has 2 N–H and O–H groups in total. The van der Waals surface area contributed by atoms with E-state index in [1.54, 1.807) is 11.8 Å². The van der Waals surface area contributed by atoms with Crippen LogP contribution in [0.15, 0.2) is 9.27 Å². The Bertz CT molecular complexity index is 835. The Morgan fingerprint density at radius 1 is 1.32 bits per heavy atom. The largest absolute Gasteiger partial charge is 0.465 e. The first-order valence-electron chi connectivity index (χ1n) is 6.39. The predicted molar refractivity (Wildman–Crippen MR) is 83.1 cm³/mol. The lowest BCUT2D eigenvalue weighted by atomic mass is 10.3. The van der Waals surface area contributed by atoms with E-state index >= 15 is 0 Å². The lowest BCUT2D eigenvalue weighted by Gasteiger charge is -2.15. The minimum atomic E-state index is -0.399. The van der Waals surface area contributed by atoms with Crippen molar-refractivity contribution >= 4 is 39.1 Å². The second-order valence-corrected chi connectivity index (χ2v) is 6.78. The molecule has 2 aromatic rings. The highest BCUT2D eigenvalue weighted by atomic mass is 79.9. The monoisotopic (exact) mass is 385 g/mol. The van der Waals surface area contributed by atoms with Crippen LogP contribution in [-0.4, -0.2) is 33.9 Å².